The molecule has 1 rings (SSSR count). The van der Waals surface area contributed by atoms with Crippen LogP contribution in [0.4, 0.5) is 4.39 Å². The van der Waals surface area contributed by atoms with Crippen LogP contribution >= 0.6 is 0 Å². The molecule has 0 heterocycles. The van der Waals surface area contributed by atoms with Crippen LogP contribution in [0.15, 0.2) is 30.4 Å². The molecule has 0 saturated carbocycles. The Labute approximate surface area is 102 Å². The van der Waals surface area contributed by atoms with E-state index in [1.54, 1.807) is 6.07 Å². The molecule has 17 heavy (non-hydrogen) atoms. The van der Waals surface area contributed by atoms with Gasteiger partial charge in [0.05, 0.1) is 0 Å². The molecule has 0 unspecified atom stereocenters. The van der Waals surface area contributed by atoms with Crippen molar-refractivity contribution in [1.29, 1.82) is 0 Å². The first-order valence-corrected chi connectivity index (χ1v) is 5.78. The molecule has 0 aliphatic carbocycles. The summed E-state index contributed by atoms with van der Waals surface area (Å²) in [5, 5.41) is 3.25. The lowest BCUT2D eigenvalue weighted by Crippen LogP contribution is -2.22. The topological polar surface area (TPSA) is 21.3 Å². The van der Waals surface area contributed by atoms with Crippen molar-refractivity contribution in [3.8, 4) is 5.75 Å². The fourth-order valence-corrected chi connectivity index (χ4v) is 1.36. The third kappa shape index (κ3) is 4.57. The maximum Gasteiger partial charge on any atom is 0.165 e. The van der Waals surface area contributed by atoms with Gasteiger partial charge in [0.2, 0.25) is 0 Å². The first-order chi connectivity index (χ1) is 8.00. The summed E-state index contributed by atoms with van der Waals surface area (Å²) in [6.07, 6.45) is 0. The van der Waals surface area contributed by atoms with Gasteiger partial charge in [-0.1, -0.05) is 32.6 Å². The molecule has 0 fully saturated rings. The minimum Gasteiger partial charge on any atom is -0.486 e. The predicted molar refractivity (Wildman–Crippen MR) is 68.7 cm³/mol. The molecule has 0 aliphatic heterocycles. The average molecular weight is 237 g/mol. The van der Waals surface area contributed by atoms with E-state index in [4.69, 9.17) is 4.74 Å². The van der Waals surface area contributed by atoms with E-state index in [1.807, 2.05) is 26.8 Å². The van der Waals surface area contributed by atoms with Gasteiger partial charge in [-0.2, -0.15) is 0 Å². The molecule has 94 valence electrons. The molecule has 0 bridgehead atoms. The summed E-state index contributed by atoms with van der Waals surface area (Å²) in [6, 6.07) is 5.33. The summed E-state index contributed by atoms with van der Waals surface area (Å²) in [5.41, 5.74) is 1.70. The van der Waals surface area contributed by atoms with Crippen molar-refractivity contribution in [2.45, 2.75) is 33.4 Å². The zero-order valence-electron chi connectivity index (χ0n) is 10.7. The summed E-state index contributed by atoms with van der Waals surface area (Å²) in [7, 11) is 0. The number of halogens is 1. The summed E-state index contributed by atoms with van der Waals surface area (Å²) in [5.74, 6) is -0.00189. The Balaban J connectivity index is 2.80. The maximum absolute atomic E-state index is 13.6. The fraction of sp³-hybridized carbons (Fsp3) is 0.429. The highest BCUT2D eigenvalue weighted by Gasteiger charge is 2.09. The maximum atomic E-state index is 13.6. The lowest BCUT2D eigenvalue weighted by Gasteiger charge is -2.14. The molecule has 1 aromatic carbocycles. The van der Waals surface area contributed by atoms with Crippen LogP contribution in [0.1, 0.15) is 26.3 Å². The molecule has 0 saturated heterocycles. The third-order valence-electron chi connectivity index (χ3n) is 2.21. The third-order valence-corrected chi connectivity index (χ3v) is 2.21. The normalized spacial score (nSPS) is 10.6. The Kier molecular flexibility index (Phi) is 5.16. The van der Waals surface area contributed by atoms with Crippen LogP contribution in [0.5, 0.6) is 5.75 Å². The Morgan fingerprint density at radius 1 is 1.47 bits per heavy atom. The Hall–Kier alpha value is -1.35. The number of benzene rings is 1. The minimum atomic E-state index is -0.325. The molecular formula is C14H20FNO. The minimum absolute atomic E-state index is 0.323. The second-order valence-electron chi connectivity index (χ2n) is 4.51. The zero-order chi connectivity index (χ0) is 12.8. The van der Waals surface area contributed by atoms with E-state index in [9.17, 15) is 4.39 Å². The van der Waals surface area contributed by atoms with E-state index in [0.29, 0.717) is 24.9 Å². The van der Waals surface area contributed by atoms with E-state index in [-0.39, 0.29) is 5.82 Å². The van der Waals surface area contributed by atoms with Crippen LogP contribution in [-0.4, -0.2) is 12.6 Å². The number of nitrogens with one attached hydrogen (secondary N) is 1. The van der Waals surface area contributed by atoms with Crippen molar-refractivity contribution in [3.63, 3.8) is 0 Å². The molecule has 2 nitrogen and oxygen atoms in total. The molecule has 3 heteroatoms. The van der Waals surface area contributed by atoms with Crippen LogP contribution in [-0.2, 0) is 6.54 Å². The van der Waals surface area contributed by atoms with Crippen LogP contribution in [0, 0.1) is 5.82 Å². The Bertz CT molecular complexity index is 388. The molecule has 0 aromatic heterocycles. The smallest absolute Gasteiger partial charge is 0.165 e. The highest BCUT2D eigenvalue weighted by Crippen LogP contribution is 2.23. The first-order valence-electron chi connectivity index (χ1n) is 5.78. The van der Waals surface area contributed by atoms with E-state index in [1.165, 1.54) is 6.07 Å². The summed E-state index contributed by atoms with van der Waals surface area (Å²) in [6.45, 7) is 10.6. The fourth-order valence-electron chi connectivity index (χ4n) is 1.36. The van der Waals surface area contributed by atoms with Gasteiger partial charge in [0, 0.05) is 18.2 Å². The van der Waals surface area contributed by atoms with Gasteiger partial charge in [-0.15, -0.1) is 0 Å². The van der Waals surface area contributed by atoms with E-state index in [0.717, 1.165) is 11.1 Å². The van der Waals surface area contributed by atoms with Crippen molar-refractivity contribution in [3.05, 3.63) is 41.7 Å². The summed E-state index contributed by atoms with van der Waals surface area (Å²) < 4.78 is 19.1. The zero-order valence-corrected chi connectivity index (χ0v) is 10.7. The standard InChI is InChI=1S/C14H20FNO/c1-10(2)9-17-14-12(8-16-11(3)4)6-5-7-13(14)15/h5-7,11,16H,1,8-9H2,2-4H3. The highest BCUT2D eigenvalue weighted by molar-refractivity contribution is 5.35. The van der Waals surface area contributed by atoms with Gasteiger partial charge >= 0.3 is 0 Å². The number of hydrogen-bond donors (Lipinski definition) is 1. The molecule has 0 atom stereocenters. The first kappa shape index (κ1) is 13.7. The SMILES string of the molecule is C=C(C)COc1c(F)cccc1CNC(C)C. The number of hydrogen-bond acceptors (Lipinski definition) is 2. The van der Waals surface area contributed by atoms with E-state index >= 15 is 0 Å². The van der Waals surface area contributed by atoms with E-state index in [2.05, 4.69) is 11.9 Å². The van der Waals surface area contributed by atoms with Gasteiger partial charge < -0.3 is 10.1 Å². The molecule has 0 spiro atoms. The van der Waals surface area contributed by atoms with Gasteiger partial charge in [-0.3, -0.25) is 0 Å². The van der Waals surface area contributed by atoms with Crippen LogP contribution in [0.25, 0.3) is 0 Å². The molecular weight excluding hydrogens is 217 g/mol. The van der Waals surface area contributed by atoms with Gasteiger partial charge in [0.1, 0.15) is 6.61 Å². The molecule has 1 aromatic rings. The molecule has 0 radical (unpaired) electrons. The van der Waals surface area contributed by atoms with Gasteiger partial charge in [0.15, 0.2) is 11.6 Å². The van der Waals surface area contributed by atoms with Crippen molar-refractivity contribution in [2.75, 3.05) is 6.61 Å². The Morgan fingerprint density at radius 3 is 2.76 bits per heavy atom. The van der Waals surface area contributed by atoms with Crippen LogP contribution in [0.2, 0.25) is 0 Å². The molecule has 1 N–H and O–H groups in total. The molecule has 0 aliphatic rings. The van der Waals surface area contributed by atoms with Crippen molar-refractivity contribution in [1.82, 2.24) is 5.32 Å². The summed E-state index contributed by atoms with van der Waals surface area (Å²) in [4.78, 5) is 0. The lowest BCUT2D eigenvalue weighted by atomic mass is 10.2. The second kappa shape index (κ2) is 6.40. The highest BCUT2D eigenvalue weighted by atomic mass is 19.1. The van der Waals surface area contributed by atoms with Crippen LogP contribution in [0.3, 0.4) is 0 Å². The number of para-hydroxylation sites is 1. The van der Waals surface area contributed by atoms with Crippen LogP contribution < -0.4 is 10.1 Å². The van der Waals surface area contributed by atoms with Crippen molar-refractivity contribution < 1.29 is 9.13 Å². The van der Waals surface area contributed by atoms with Crippen molar-refractivity contribution >= 4 is 0 Å². The predicted octanol–water partition coefficient (Wildman–Crippen LogP) is 3.28. The van der Waals surface area contributed by atoms with Crippen molar-refractivity contribution in [2.24, 2.45) is 0 Å². The van der Waals surface area contributed by atoms with Gasteiger partial charge in [0.25, 0.3) is 0 Å². The Morgan fingerprint density at radius 2 is 2.18 bits per heavy atom. The monoisotopic (exact) mass is 237 g/mol. The summed E-state index contributed by atoms with van der Waals surface area (Å²) >= 11 is 0. The second-order valence-corrected chi connectivity index (χ2v) is 4.51. The van der Waals surface area contributed by atoms with Gasteiger partial charge in [-0.05, 0) is 18.6 Å². The number of ether oxygens (including phenoxy) is 1. The van der Waals surface area contributed by atoms with Gasteiger partial charge in [-0.25, -0.2) is 4.39 Å². The quantitative estimate of drug-likeness (QED) is 0.767. The largest absolute Gasteiger partial charge is 0.486 e. The lowest BCUT2D eigenvalue weighted by molar-refractivity contribution is 0.327. The van der Waals surface area contributed by atoms with E-state index < -0.39 is 0 Å². The average Bonchev–Trinajstić information content (AvgIpc) is 2.24. The molecule has 0 amide bonds. The number of rotatable bonds is 6.